The van der Waals surface area contributed by atoms with Gasteiger partial charge in [0.25, 0.3) is 5.91 Å². The maximum atomic E-state index is 13.2. The van der Waals surface area contributed by atoms with Gasteiger partial charge in [0, 0.05) is 6.07 Å². The van der Waals surface area contributed by atoms with Crippen molar-refractivity contribution in [3.63, 3.8) is 0 Å². The molecule has 0 aromatic heterocycles. The summed E-state index contributed by atoms with van der Waals surface area (Å²) in [6.07, 6.45) is 0. The zero-order valence-electron chi connectivity index (χ0n) is 14.9. The summed E-state index contributed by atoms with van der Waals surface area (Å²) < 4.78 is 23.8. The van der Waals surface area contributed by atoms with Crippen molar-refractivity contribution in [1.82, 2.24) is 5.32 Å². The van der Waals surface area contributed by atoms with E-state index in [1.54, 1.807) is 13.2 Å². The topological polar surface area (TPSA) is 47.6 Å². The van der Waals surface area contributed by atoms with Crippen molar-refractivity contribution in [3.05, 3.63) is 95.8 Å². The van der Waals surface area contributed by atoms with E-state index in [0.717, 1.165) is 16.9 Å². The maximum absolute atomic E-state index is 13.2. The lowest BCUT2D eigenvalue weighted by Gasteiger charge is -2.20. The van der Waals surface area contributed by atoms with Crippen molar-refractivity contribution < 1.29 is 18.7 Å². The van der Waals surface area contributed by atoms with Crippen LogP contribution in [0.4, 0.5) is 4.39 Å². The Morgan fingerprint density at radius 1 is 0.926 bits per heavy atom. The predicted octanol–water partition coefficient (Wildman–Crippen LogP) is 4.12. The van der Waals surface area contributed by atoms with Gasteiger partial charge in [-0.2, -0.15) is 0 Å². The third-order valence-corrected chi connectivity index (χ3v) is 4.05. The van der Waals surface area contributed by atoms with Gasteiger partial charge in [-0.25, -0.2) is 4.39 Å². The third kappa shape index (κ3) is 5.07. The minimum Gasteiger partial charge on any atom is -0.497 e. The fourth-order valence-electron chi connectivity index (χ4n) is 2.71. The highest BCUT2D eigenvalue weighted by atomic mass is 19.1. The molecular weight excluding hydrogens is 345 g/mol. The molecular formula is C22H20FNO3. The lowest BCUT2D eigenvalue weighted by Crippen LogP contribution is -2.33. The Morgan fingerprint density at radius 3 is 2.30 bits per heavy atom. The van der Waals surface area contributed by atoms with E-state index in [1.807, 2.05) is 54.6 Å². The number of rotatable bonds is 7. The largest absolute Gasteiger partial charge is 0.497 e. The smallest absolute Gasteiger partial charge is 0.258 e. The van der Waals surface area contributed by atoms with Crippen LogP contribution in [0.25, 0.3) is 0 Å². The first-order chi connectivity index (χ1) is 13.2. The summed E-state index contributed by atoms with van der Waals surface area (Å²) in [7, 11) is 1.61. The summed E-state index contributed by atoms with van der Waals surface area (Å²) in [6, 6.07) is 22.5. The zero-order chi connectivity index (χ0) is 19.1. The molecule has 0 aliphatic carbocycles. The number of amides is 1. The van der Waals surface area contributed by atoms with E-state index < -0.39 is 5.82 Å². The van der Waals surface area contributed by atoms with Gasteiger partial charge < -0.3 is 14.8 Å². The van der Waals surface area contributed by atoms with Crippen LogP contribution < -0.4 is 14.8 Å². The Morgan fingerprint density at radius 2 is 1.63 bits per heavy atom. The fraction of sp³-hybridized carbons (Fsp3) is 0.136. The van der Waals surface area contributed by atoms with Crippen molar-refractivity contribution in [1.29, 1.82) is 0 Å². The number of ether oxygens (including phenoxy) is 2. The second-order valence-electron chi connectivity index (χ2n) is 5.93. The van der Waals surface area contributed by atoms with E-state index in [9.17, 15) is 9.18 Å². The number of methoxy groups -OCH3 is 1. The Kier molecular flexibility index (Phi) is 6.05. The van der Waals surface area contributed by atoms with E-state index in [1.165, 1.54) is 18.2 Å². The summed E-state index contributed by atoms with van der Waals surface area (Å²) in [4.78, 5) is 12.4. The van der Waals surface area contributed by atoms with Gasteiger partial charge in [0.05, 0.1) is 13.2 Å². The van der Waals surface area contributed by atoms with Crippen LogP contribution in [0.3, 0.4) is 0 Å². The van der Waals surface area contributed by atoms with Crippen molar-refractivity contribution in [2.45, 2.75) is 6.04 Å². The van der Waals surface area contributed by atoms with Gasteiger partial charge in [-0.05, 0) is 35.4 Å². The molecule has 3 aromatic carbocycles. The van der Waals surface area contributed by atoms with Gasteiger partial charge in [0.2, 0.25) is 0 Å². The molecule has 4 nitrogen and oxygen atoms in total. The molecule has 0 aliphatic rings. The average Bonchev–Trinajstić information content (AvgIpc) is 2.71. The van der Waals surface area contributed by atoms with Crippen molar-refractivity contribution >= 4 is 5.91 Å². The summed E-state index contributed by atoms with van der Waals surface area (Å²) in [5.41, 5.74) is 1.86. The minimum absolute atomic E-state index is 0.205. The highest BCUT2D eigenvalue weighted by Crippen LogP contribution is 2.24. The molecule has 0 saturated heterocycles. The van der Waals surface area contributed by atoms with Gasteiger partial charge in [-0.3, -0.25) is 4.79 Å². The van der Waals surface area contributed by atoms with Crippen LogP contribution in [0, 0.1) is 5.82 Å². The molecule has 0 bridgehead atoms. The normalized spacial score (nSPS) is 11.5. The second-order valence-corrected chi connectivity index (χ2v) is 5.93. The number of halogens is 1. The van der Waals surface area contributed by atoms with E-state index in [4.69, 9.17) is 9.47 Å². The fourth-order valence-corrected chi connectivity index (χ4v) is 2.71. The van der Waals surface area contributed by atoms with Crippen LogP contribution in [0.15, 0.2) is 78.9 Å². The summed E-state index contributed by atoms with van der Waals surface area (Å²) >= 11 is 0. The number of hydrogen-bond donors (Lipinski definition) is 1. The monoisotopic (exact) mass is 365 g/mol. The minimum atomic E-state index is -0.409. The molecule has 0 radical (unpaired) electrons. The molecule has 0 aliphatic heterocycles. The van der Waals surface area contributed by atoms with Crippen LogP contribution in [0.2, 0.25) is 0 Å². The maximum Gasteiger partial charge on any atom is 0.258 e. The Bertz CT molecular complexity index is 882. The molecule has 3 rings (SSSR count). The molecule has 0 unspecified atom stereocenters. The van der Waals surface area contributed by atoms with Gasteiger partial charge >= 0.3 is 0 Å². The molecule has 0 heterocycles. The first-order valence-electron chi connectivity index (χ1n) is 8.52. The third-order valence-electron chi connectivity index (χ3n) is 4.05. The van der Waals surface area contributed by atoms with Crippen LogP contribution in [-0.4, -0.2) is 19.6 Å². The van der Waals surface area contributed by atoms with Crippen LogP contribution >= 0.6 is 0 Å². The molecule has 3 aromatic rings. The summed E-state index contributed by atoms with van der Waals surface area (Å²) in [6.45, 7) is -0.205. The van der Waals surface area contributed by atoms with E-state index in [-0.39, 0.29) is 18.6 Å². The number of carbonyl (C=O) groups excluding carboxylic acids is 1. The molecule has 1 amide bonds. The first-order valence-corrected chi connectivity index (χ1v) is 8.52. The molecule has 0 saturated carbocycles. The lowest BCUT2D eigenvalue weighted by atomic mass is 9.98. The average molecular weight is 365 g/mol. The van der Waals surface area contributed by atoms with Crippen molar-refractivity contribution in [2.24, 2.45) is 0 Å². The Labute approximate surface area is 157 Å². The number of benzene rings is 3. The molecule has 5 heteroatoms. The predicted molar refractivity (Wildman–Crippen MR) is 101 cm³/mol. The number of carbonyl (C=O) groups is 1. The van der Waals surface area contributed by atoms with Gasteiger partial charge in [0.15, 0.2) is 6.61 Å². The van der Waals surface area contributed by atoms with E-state index in [2.05, 4.69) is 5.32 Å². The van der Waals surface area contributed by atoms with Crippen molar-refractivity contribution in [3.8, 4) is 11.5 Å². The van der Waals surface area contributed by atoms with Gasteiger partial charge in [0.1, 0.15) is 17.3 Å². The summed E-state index contributed by atoms with van der Waals surface area (Å²) in [5.74, 6) is 0.342. The van der Waals surface area contributed by atoms with E-state index >= 15 is 0 Å². The Balaban J connectivity index is 1.73. The molecule has 0 fully saturated rings. The highest BCUT2D eigenvalue weighted by molar-refractivity contribution is 5.78. The SMILES string of the molecule is COc1ccc([C@@H](NC(=O)COc2cccc(F)c2)c2ccccc2)cc1. The number of nitrogens with one attached hydrogen (secondary N) is 1. The molecule has 138 valence electrons. The summed E-state index contributed by atoms with van der Waals surface area (Å²) in [5, 5.41) is 2.97. The zero-order valence-corrected chi connectivity index (χ0v) is 14.9. The standard InChI is InChI=1S/C22H20FNO3/c1-26-19-12-10-17(11-13-19)22(16-6-3-2-4-7-16)24-21(25)15-27-20-9-5-8-18(23)14-20/h2-14,22H,15H2,1H3,(H,24,25)/t22-/m0/s1. The van der Waals surface area contributed by atoms with Crippen LogP contribution in [0.1, 0.15) is 17.2 Å². The van der Waals surface area contributed by atoms with Crippen LogP contribution in [0.5, 0.6) is 11.5 Å². The van der Waals surface area contributed by atoms with E-state index in [0.29, 0.717) is 5.75 Å². The Hall–Kier alpha value is -3.34. The van der Waals surface area contributed by atoms with Crippen LogP contribution in [-0.2, 0) is 4.79 Å². The first kappa shape index (κ1) is 18.5. The van der Waals surface area contributed by atoms with Gasteiger partial charge in [-0.15, -0.1) is 0 Å². The molecule has 1 N–H and O–H groups in total. The molecule has 27 heavy (non-hydrogen) atoms. The number of hydrogen-bond acceptors (Lipinski definition) is 3. The quantitative estimate of drug-likeness (QED) is 0.685. The van der Waals surface area contributed by atoms with Gasteiger partial charge in [-0.1, -0.05) is 48.5 Å². The second kappa shape index (κ2) is 8.85. The van der Waals surface area contributed by atoms with Crippen molar-refractivity contribution in [2.75, 3.05) is 13.7 Å². The molecule has 0 spiro atoms. The highest BCUT2D eigenvalue weighted by Gasteiger charge is 2.17. The lowest BCUT2D eigenvalue weighted by molar-refractivity contribution is -0.123. The molecule has 1 atom stereocenters.